The maximum atomic E-state index is 6.63. The van der Waals surface area contributed by atoms with E-state index in [0.717, 1.165) is 63.1 Å². The molecule has 29 heavy (non-hydrogen) atoms. The van der Waals surface area contributed by atoms with Gasteiger partial charge in [-0.25, -0.2) is 0 Å². The summed E-state index contributed by atoms with van der Waals surface area (Å²) < 4.78 is 11.1. The third kappa shape index (κ3) is 3.58. The molecule has 0 atom stereocenters. The Bertz CT molecular complexity index is 825. The molecule has 2 fully saturated rings. The van der Waals surface area contributed by atoms with Crippen molar-refractivity contribution in [1.82, 2.24) is 9.97 Å². The van der Waals surface area contributed by atoms with Gasteiger partial charge in [0.1, 0.15) is 5.69 Å². The van der Waals surface area contributed by atoms with E-state index in [1.165, 1.54) is 11.3 Å². The van der Waals surface area contributed by atoms with E-state index >= 15 is 0 Å². The number of fused-ring (bicyclic) bond motifs is 1. The predicted octanol–water partition coefficient (Wildman–Crippen LogP) is 1.82. The fourth-order valence-corrected chi connectivity index (χ4v) is 4.33. The van der Waals surface area contributed by atoms with E-state index in [-0.39, 0.29) is 0 Å². The minimum atomic E-state index is 0.655. The third-order valence-corrected chi connectivity index (χ3v) is 5.87. The van der Waals surface area contributed by atoms with Gasteiger partial charge in [0.05, 0.1) is 26.4 Å². The summed E-state index contributed by atoms with van der Waals surface area (Å²) in [5.74, 6) is 2.38. The molecule has 0 aliphatic carbocycles. The van der Waals surface area contributed by atoms with Gasteiger partial charge in [0, 0.05) is 38.4 Å². The Morgan fingerprint density at radius 2 is 1.38 bits per heavy atom. The van der Waals surface area contributed by atoms with E-state index in [1.807, 2.05) is 0 Å². The maximum absolute atomic E-state index is 6.63. The standard InChI is InChI=1S/C21H28N6O2/c22-18-19(25-8-12-28-13-9-25)23-21(24-20(18)26-10-14-29-15-11-26)27-7-3-5-16-4-1-2-6-17(16)27/h1-2,4,6H,3,5,7-15,22H2. The van der Waals surface area contributed by atoms with Crippen LogP contribution in [-0.2, 0) is 15.9 Å². The van der Waals surface area contributed by atoms with E-state index in [9.17, 15) is 0 Å². The molecule has 0 radical (unpaired) electrons. The second-order valence-corrected chi connectivity index (χ2v) is 7.67. The van der Waals surface area contributed by atoms with Crippen LogP contribution in [0.3, 0.4) is 0 Å². The molecule has 3 aliphatic rings. The fourth-order valence-electron chi connectivity index (χ4n) is 4.33. The number of rotatable bonds is 3. The van der Waals surface area contributed by atoms with Crippen molar-refractivity contribution in [2.75, 3.05) is 79.6 Å². The van der Waals surface area contributed by atoms with Crippen molar-refractivity contribution in [2.45, 2.75) is 12.8 Å². The van der Waals surface area contributed by atoms with Crippen molar-refractivity contribution < 1.29 is 9.47 Å². The third-order valence-electron chi connectivity index (χ3n) is 5.87. The molecule has 0 unspecified atom stereocenters. The normalized spacial score (nSPS) is 19.9. The van der Waals surface area contributed by atoms with E-state index in [4.69, 9.17) is 25.2 Å². The van der Waals surface area contributed by atoms with E-state index < -0.39 is 0 Å². The number of ether oxygens (including phenoxy) is 2. The van der Waals surface area contributed by atoms with Gasteiger partial charge in [-0.3, -0.25) is 0 Å². The molecule has 8 heteroatoms. The van der Waals surface area contributed by atoms with Gasteiger partial charge in [0.2, 0.25) is 5.95 Å². The van der Waals surface area contributed by atoms with E-state index in [2.05, 4.69) is 39.0 Å². The highest BCUT2D eigenvalue weighted by molar-refractivity contribution is 5.79. The molecule has 1 aromatic heterocycles. The lowest BCUT2D eigenvalue weighted by atomic mass is 10.0. The van der Waals surface area contributed by atoms with Gasteiger partial charge in [-0.05, 0) is 24.5 Å². The van der Waals surface area contributed by atoms with Crippen molar-refractivity contribution in [3.05, 3.63) is 29.8 Å². The zero-order valence-electron chi connectivity index (χ0n) is 16.7. The van der Waals surface area contributed by atoms with Crippen LogP contribution in [0.2, 0.25) is 0 Å². The Hall–Kier alpha value is -2.58. The first-order chi connectivity index (χ1) is 14.3. The topological polar surface area (TPSA) is 80.0 Å². The molecule has 2 saturated heterocycles. The summed E-state index contributed by atoms with van der Waals surface area (Å²) in [6.45, 7) is 6.85. The van der Waals surface area contributed by atoms with Crippen molar-refractivity contribution in [1.29, 1.82) is 0 Å². The number of aryl methyl sites for hydroxylation is 1. The predicted molar refractivity (Wildman–Crippen MR) is 114 cm³/mol. The Balaban J connectivity index is 1.59. The van der Waals surface area contributed by atoms with Crippen LogP contribution in [0.15, 0.2) is 24.3 Å². The van der Waals surface area contributed by atoms with Crippen LogP contribution in [0.1, 0.15) is 12.0 Å². The molecule has 8 nitrogen and oxygen atoms in total. The Kier molecular flexibility index (Phi) is 5.12. The lowest BCUT2D eigenvalue weighted by molar-refractivity contribution is 0.122. The molecule has 0 bridgehead atoms. The van der Waals surface area contributed by atoms with Crippen LogP contribution in [0.5, 0.6) is 0 Å². The van der Waals surface area contributed by atoms with Crippen LogP contribution < -0.4 is 20.4 Å². The van der Waals surface area contributed by atoms with Gasteiger partial charge < -0.3 is 29.9 Å². The van der Waals surface area contributed by atoms with Crippen LogP contribution >= 0.6 is 0 Å². The molecule has 1 aromatic carbocycles. The first-order valence-corrected chi connectivity index (χ1v) is 10.5. The van der Waals surface area contributed by atoms with Gasteiger partial charge >= 0.3 is 0 Å². The average Bonchev–Trinajstić information content (AvgIpc) is 2.80. The molecule has 154 valence electrons. The van der Waals surface area contributed by atoms with Gasteiger partial charge in [-0.1, -0.05) is 18.2 Å². The second kappa shape index (κ2) is 8.04. The molecule has 2 N–H and O–H groups in total. The van der Waals surface area contributed by atoms with Crippen molar-refractivity contribution in [3.8, 4) is 0 Å². The van der Waals surface area contributed by atoms with Crippen molar-refractivity contribution in [3.63, 3.8) is 0 Å². The average molecular weight is 396 g/mol. The minimum Gasteiger partial charge on any atom is -0.393 e. The second-order valence-electron chi connectivity index (χ2n) is 7.67. The maximum Gasteiger partial charge on any atom is 0.234 e. The Morgan fingerprint density at radius 1 is 0.793 bits per heavy atom. The van der Waals surface area contributed by atoms with Gasteiger partial charge in [-0.2, -0.15) is 9.97 Å². The number of para-hydroxylation sites is 1. The van der Waals surface area contributed by atoms with Crippen molar-refractivity contribution >= 4 is 29.0 Å². The fraction of sp³-hybridized carbons (Fsp3) is 0.524. The lowest BCUT2D eigenvalue weighted by Gasteiger charge is -2.35. The zero-order chi connectivity index (χ0) is 19.6. The summed E-state index contributed by atoms with van der Waals surface area (Å²) in [5.41, 5.74) is 9.83. The SMILES string of the molecule is Nc1c(N2CCOCC2)nc(N2CCCc3ccccc32)nc1N1CCOCC1. The minimum absolute atomic E-state index is 0.655. The van der Waals surface area contributed by atoms with Gasteiger partial charge in [-0.15, -0.1) is 0 Å². The molecule has 0 amide bonds. The van der Waals surface area contributed by atoms with Gasteiger partial charge in [0.25, 0.3) is 0 Å². The van der Waals surface area contributed by atoms with Crippen LogP contribution in [0.25, 0.3) is 0 Å². The van der Waals surface area contributed by atoms with Crippen LogP contribution in [0, 0.1) is 0 Å². The smallest absolute Gasteiger partial charge is 0.234 e. The highest BCUT2D eigenvalue weighted by Gasteiger charge is 2.27. The monoisotopic (exact) mass is 396 g/mol. The number of nitrogens with zero attached hydrogens (tertiary/aromatic N) is 5. The lowest BCUT2D eigenvalue weighted by Crippen LogP contribution is -2.40. The number of anilines is 5. The van der Waals surface area contributed by atoms with Crippen molar-refractivity contribution in [2.24, 2.45) is 0 Å². The molecule has 4 heterocycles. The van der Waals surface area contributed by atoms with E-state index in [0.29, 0.717) is 32.1 Å². The Morgan fingerprint density at radius 3 is 2.00 bits per heavy atom. The number of nitrogen functional groups attached to an aromatic ring is 1. The summed E-state index contributed by atoms with van der Waals surface area (Å²) in [5, 5.41) is 0. The number of hydrogen-bond donors (Lipinski definition) is 1. The van der Waals surface area contributed by atoms with Gasteiger partial charge in [0.15, 0.2) is 11.6 Å². The number of morpholine rings is 2. The van der Waals surface area contributed by atoms with E-state index in [1.54, 1.807) is 0 Å². The highest BCUT2D eigenvalue weighted by atomic mass is 16.5. The first-order valence-electron chi connectivity index (χ1n) is 10.5. The number of hydrogen-bond acceptors (Lipinski definition) is 8. The summed E-state index contributed by atoms with van der Waals surface area (Å²) in [7, 11) is 0. The largest absolute Gasteiger partial charge is 0.393 e. The number of benzene rings is 1. The number of nitrogens with two attached hydrogens (primary N) is 1. The summed E-state index contributed by atoms with van der Waals surface area (Å²) in [6, 6.07) is 8.55. The van der Waals surface area contributed by atoms with Crippen LogP contribution in [0.4, 0.5) is 29.0 Å². The first kappa shape index (κ1) is 18.4. The summed E-state index contributed by atoms with van der Waals surface area (Å²) >= 11 is 0. The summed E-state index contributed by atoms with van der Waals surface area (Å²) in [4.78, 5) is 16.6. The quantitative estimate of drug-likeness (QED) is 0.842. The molecule has 0 saturated carbocycles. The zero-order valence-corrected chi connectivity index (χ0v) is 16.7. The molecule has 3 aliphatic heterocycles. The highest BCUT2D eigenvalue weighted by Crippen LogP contribution is 2.37. The van der Waals surface area contributed by atoms with Crippen LogP contribution in [-0.4, -0.2) is 69.1 Å². The molecule has 0 spiro atoms. The molecule has 5 rings (SSSR count). The molecule has 2 aromatic rings. The molecular weight excluding hydrogens is 368 g/mol. The summed E-state index contributed by atoms with van der Waals surface area (Å²) in [6.07, 6.45) is 2.18. The Labute approximate surface area is 171 Å². The number of aromatic nitrogens is 2. The molecular formula is C21H28N6O2.